The number of carbonyl (C=O) groups excluding carboxylic acids is 1. The molecule has 1 rings (SSSR count). The van der Waals surface area contributed by atoms with Crippen LogP contribution in [0, 0.1) is 6.92 Å². The van der Waals surface area contributed by atoms with Gasteiger partial charge in [0, 0.05) is 23.0 Å². The van der Waals surface area contributed by atoms with E-state index in [2.05, 4.69) is 15.6 Å². The maximum Gasteiger partial charge on any atom is 0.315 e. The number of carbonyl (C=O) groups is 2. The van der Waals surface area contributed by atoms with Crippen LogP contribution in [0.25, 0.3) is 0 Å². The van der Waals surface area contributed by atoms with E-state index in [0.717, 1.165) is 9.88 Å². The maximum absolute atomic E-state index is 11.7. The summed E-state index contributed by atoms with van der Waals surface area (Å²) in [4.78, 5) is 27.4. The highest BCUT2D eigenvalue weighted by atomic mass is 32.1. The Morgan fingerprint density at radius 2 is 2.16 bits per heavy atom. The highest BCUT2D eigenvalue weighted by molar-refractivity contribution is 7.11. The average Bonchev–Trinajstić information content (AvgIpc) is 2.69. The van der Waals surface area contributed by atoms with Crippen LogP contribution in [0.2, 0.25) is 0 Å². The second-order valence-corrected chi connectivity index (χ2v) is 6.27. The number of aliphatic carboxylic acids is 1. The lowest BCUT2D eigenvalue weighted by molar-refractivity contribution is -0.137. The van der Waals surface area contributed by atoms with Crippen LogP contribution in [0.4, 0.5) is 4.79 Å². The molecule has 7 heteroatoms. The summed E-state index contributed by atoms with van der Waals surface area (Å²) < 4.78 is 0. The van der Waals surface area contributed by atoms with E-state index in [9.17, 15) is 9.59 Å². The number of carboxylic acids is 1. The molecule has 0 saturated heterocycles. The highest BCUT2D eigenvalue weighted by Crippen LogP contribution is 2.12. The fraction of sp³-hybridized carbons (Fsp3) is 0.583. The first kappa shape index (κ1) is 15.4. The fourth-order valence-corrected chi connectivity index (χ4v) is 2.20. The molecule has 0 atom stereocenters. The lowest BCUT2D eigenvalue weighted by Gasteiger charge is -2.25. The number of nitrogens with one attached hydrogen (secondary N) is 2. The van der Waals surface area contributed by atoms with Gasteiger partial charge in [-0.05, 0) is 27.2 Å². The normalized spacial score (nSPS) is 11.1. The van der Waals surface area contributed by atoms with Gasteiger partial charge in [0.25, 0.3) is 0 Å². The summed E-state index contributed by atoms with van der Waals surface area (Å²) >= 11 is 1.53. The summed E-state index contributed by atoms with van der Waals surface area (Å²) in [7, 11) is 0. The van der Waals surface area contributed by atoms with Crippen molar-refractivity contribution in [3.8, 4) is 0 Å². The molecule has 6 nitrogen and oxygen atoms in total. The van der Waals surface area contributed by atoms with Crippen molar-refractivity contribution in [3.63, 3.8) is 0 Å². The van der Waals surface area contributed by atoms with E-state index in [4.69, 9.17) is 5.11 Å². The summed E-state index contributed by atoms with van der Waals surface area (Å²) in [5.74, 6) is -0.867. The van der Waals surface area contributed by atoms with Crippen LogP contribution in [0.3, 0.4) is 0 Å². The van der Waals surface area contributed by atoms with Crippen LogP contribution in [0.1, 0.15) is 36.6 Å². The Hall–Kier alpha value is -1.63. The van der Waals surface area contributed by atoms with Crippen molar-refractivity contribution in [1.82, 2.24) is 15.6 Å². The number of rotatable bonds is 6. The predicted molar refractivity (Wildman–Crippen MR) is 73.2 cm³/mol. The number of urea groups is 1. The number of hydrogen-bond acceptors (Lipinski definition) is 4. The monoisotopic (exact) mass is 285 g/mol. The van der Waals surface area contributed by atoms with Crippen molar-refractivity contribution in [1.29, 1.82) is 0 Å². The zero-order chi connectivity index (χ0) is 14.5. The van der Waals surface area contributed by atoms with Crippen LogP contribution in [-0.4, -0.2) is 27.6 Å². The third kappa shape index (κ3) is 6.19. The molecule has 0 aliphatic heterocycles. The molecule has 0 fully saturated rings. The van der Waals surface area contributed by atoms with Gasteiger partial charge in [-0.3, -0.25) is 4.79 Å². The van der Waals surface area contributed by atoms with Gasteiger partial charge in [-0.15, -0.1) is 11.3 Å². The van der Waals surface area contributed by atoms with Crippen LogP contribution in [0.5, 0.6) is 0 Å². The minimum atomic E-state index is -0.867. The SMILES string of the molecule is Cc1cnc(CNC(=O)NC(C)(C)CCC(=O)O)s1. The summed E-state index contributed by atoms with van der Waals surface area (Å²) in [5.41, 5.74) is -0.554. The first-order valence-corrected chi connectivity index (χ1v) is 6.79. The molecule has 19 heavy (non-hydrogen) atoms. The minimum absolute atomic E-state index is 0.0267. The first-order valence-electron chi connectivity index (χ1n) is 5.97. The molecule has 0 bridgehead atoms. The van der Waals surface area contributed by atoms with Gasteiger partial charge in [0.15, 0.2) is 0 Å². The molecule has 0 unspecified atom stereocenters. The largest absolute Gasteiger partial charge is 0.481 e. The number of carboxylic acid groups (broad SMARTS) is 1. The van der Waals surface area contributed by atoms with Crippen molar-refractivity contribution in [2.75, 3.05) is 0 Å². The van der Waals surface area contributed by atoms with Gasteiger partial charge in [0.05, 0.1) is 6.54 Å². The highest BCUT2D eigenvalue weighted by Gasteiger charge is 2.21. The number of aromatic nitrogens is 1. The summed E-state index contributed by atoms with van der Waals surface area (Å²) in [6, 6.07) is -0.316. The average molecular weight is 285 g/mol. The second kappa shape index (κ2) is 6.51. The van der Waals surface area contributed by atoms with E-state index in [1.165, 1.54) is 11.3 Å². The van der Waals surface area contributed by atoms with Crippen molar-refractivity contribution in [3.05, 3.63) is 16.1 Å². The summed E-state index contributed by atoms with van der Waals surface area (Å²) in [6.07, 6.45) is 2.17. The third-order valence-electron chi connectivity index (χ3n) is 2.49. The van der Waals surface area contributed by atoms with Crippen LogP contribution >= 0.6 is 11.3 Å². The zero-order valence-electron chi connectivity index (χ0n) is 11.3. The molecular weight excluding hydrogens is 266 g/mol. The molecule has 0 aliphatic rings. The fourth-order valence-electron chi connectivity index (χ4n) is 1.47. The number of aryl methyl sites for hydroxylation is 1. The molecule has 0 saturated carbocycles. The Balaban J connectivity index is 2.35. The van der Waals surface area contributed by atoms with E-state index in [0.29, 0.717) is 13.0 Å². The predicted octanol–water partition coefficient (Wildman–Crippen LogP) is 1.89. The molecule has 2 amide bonds. The smallest absolute Gasteiger partial charge is 0.315 e. The van der Waals surface area contributed by atoms with E-state index in [1.807, 2.05) is 6.92 Å². The Bertz CT molecular complexity index is 457. The van der Waals surface area contributed by atoms with E-state index in [1.54, 1.807) is 20.0 Å². The van der Waals surface area contributed by atoms with E-state index >= 15 is 0 Å². The van der Waals surface area contributed by atoms with Crippen LogP contribution < -0.4 is 10.6 Å². The van der Waals surface area contributed by atoms with Crippen LogP contribution in [-0.2, 0) is 11.3 Å². The lowest BCUT2D eigenvalue weighted by Crippen LogP contribution is -2.48. The van der Waals surface area contributed by atoms with Crippen LogP contribution in [0.15, 0.2) is 6.20 Å². The summed E-state index contributed by atoms with van der Waals surface area (Å²) in [5, 5.41) is 14.9. The molecular formula is C12H19N3O3S. The van der Waals surface area contributed by atoms with Gasteiger partial charge in [-0.2, -0.15) is 0 Å². The topological polar surface area (TPSA) is 91.3 Å². The molecule has 106 valence electrons. The summed E-state index contributed by atoms with van der Waals surface area (Å²) in [6.45, 7) is 5.92. The number of amides is 2. The van der Waals surface area contributed by atoms with Gasteiger partial charge in [-0.1, -0.05) is 0 Å². The molecule has 0 aromatic carbocycles. The van der Waals surface area contributed by atoms with E-state index in [-0.39, 0.29) is 12.5 Å². The van der Waals surface area contributed by atoms with Gasteiger partial charge >= 0.3 is 12.0 Å². The first-order chi connectivity index (χ1) is 8.78. The Labute approximate surface area is 116 Å². The van der Waals surface area contributed by atoms with Gasteiger partial charge < -0.3 is 15.7 Å². The van der Waals surface area contributed by atoms with E-state index < -0.39 is 11.5 Å². The van der Waals surface area contributed by atoms with Crippen molar-refractivity contribution < 1.29 is 14.7 Å². The van der Waals surface area contributed by atoms with Crippen molar-refractivity contribution >= 4 is 23.3 Å². The van der Waals surface area contributed by atoms with Gasteiger partial charge in [0.2, 0.25) is 0 Å². The quantitative estimate of drug-likeness (QED) is 0.744. The molecule has 0 aliphatic carbocycles. The standard InChI is InChI=1S/C12H19N3O3S/c1-8-6-13-9(19-8)7-14-11(18)15-12(2,3)5-4-10(16)17/h6H,4-5,7H2,1-3H3,(H,16,17)(H2,14,15,18). The Morgan fingerprint density at radius 1 is 1.47 bits per heavy atom. The second-order valence-electron chi connectivity index (χ2n) is 4.95. The lowest BCUT2D eigenvalue weighted by atomic mass is 9.99. The Kier molecular flexibility index (Phi) is 5.29. The Morgan fingerprint density at radius 3 is 2.68 bits per heavy atom. The molecule has 1 heterocycles. The maximum atomic E-state index is 11.7. The molecule has 0 radical (unpaired) electrons. The van der Waals surface area contributed by atoms with Crippen molar-refractivity contribution in [2.45, 2.75) is 45.7 Å². The number of thiazole rings is 1. The molecule has 0 spiro atoms. The van der Waals surface area contributed by atoms with Crippen molar-refractivity contribution in [2.24, 2.45) is 0 Å². The van der Waals surface area contributed by atoms with Gasteiger partial charge in [-0.25, -0.2) is 9.78 Å². The number of hydrogen-bond donors (Lipinski definition) is 3. The third-order valence-corrected chi connectivity index (χ3v) is 3.40. The zero-order valence-corrected chi connectivity index (χ0v) is 12.1. The number of nitrogens with zero attached hydrogens (tertiary/aromatic N) is 1. The molecule has 1 aromatic heterocycles. The minimum Gasteiger partial charge on any atom is -0.481 e. The molecule has 3 N–H and O–H groups in total. The van der Waals surface area contributed by atoms with Gasteiger partial charge in [0.1, 0.15) is 5.01 Å². The molecule has 1 aromatic rings.